The summed E-state index contributed by atoms with van der Waals surface area (Å²) in [5.74, 6) is -0.345. The van der Waals surface area contributed by atoms with Crippen LogP contribution in [0.2, 0.25) is 0 Å². The minimum atomic E-state index is -0.421. The first-order valence-electron chi connectivity index (χ1n) is 23.1. The largest absolute Gasteiger partial charge is 0.469 e. The third kappa shape index (κ3) is 12.5. The van der Waals surface area contributed by atoms with Crippen LogP contribution in [0.5, 0.6) is 0 Å². The molecule has 0 aliphatic heterocycles. The van der Waals surface area contributed by atoms with Gasteiger partial charge in [-0.3, -0.25) is 24.0 Å². The number of carbonyl (C=O) groups is 5. The van der Waals surface area contributed by atoms with Gasteiger partial charge < -0.3 is 23.7 Å². The number of rotatable bonds is 20. The second-order valence-corrected chi connectivity index (χ2v) is 19.8. The highest BCUT2D eigenvalue weighted by Crippen LogP contribution is 2.63. The van der Waals surface area contributed by atoms with Crippen molar-refractivity contribution in [3.8, 4) is 0 Å². The van der Waals surface area contributed by atoms with Crippen LogP contribution in [0.25, 0.3) is 0 Å². The molecule has 2 fully saturated rings. The summed E-state index contributed by atoms with van der Waals surface area (Å²) in [6.07, 6.45) is 20.6. The van der Waals surface area contributed by atoms with E-state index in [4.69, 9.17) is 18.9 Å². The molecule has 0 bridgehead atoms. The van der Waals surface area contributed by atoms with Crippen LogP contribution < -0.4 is 0 Å². The second-order valence-electron chi connectivity index (χ2n) is 19.8. The number of allylic oxidation sites excluding steroid dienone is 5. The van der Waals surface area contributed by atoms with E-state index in [1.807, 2.05) is 12.2 Å². The van der Waals surface area contributed by atoms with Crippen LogP contribution in [0.3, 0.4) is 0 Å². The highest BCUT2D eigenvalue weighted by Gasteiger charge is 2.56. The first-order chi connectivity index (χ1) is 28.8. The van der Waals surface area contributed by atoms with Crippen LogP contribution in [0, 0.1) is 45.3 Å². The zero-order valence-corrected chi connectivity index (χ0v) is 39.3. The van der Waals surface area contributed by atoms with Gasteiger partial charge in [0.2, 0.25) is 0 Å². The molecule has 0 aromatic carbocycles. The predicted octanol–water partition coefficient (Wildman–Crippen LogP) is 10.9. The molecule has 0 spiro atoms. The van der Waals surface area contributed by atoms with Crippen molar-refractivity contribution in [3.05, 3.63) is 46.6 Å². The van der Waals surface area contributed by atoms with Crippen LogP contribution >= 0.6 is 0 Å². The Hall–Kier alpha value is -3.69. The fraction of sp³-hybridized carbons (Fsp3) is 0.745. The van der Waals surface area contributed by atoms with Crippen molar-refractivity contribution in [2.75, 3.05) is 33.5 Å². The van der Waals surface area contributed by atoms with E-state index in [2.05, 4.69) is 72.3 Å². The number of carbonyl (C=O) groups excluding carboxylic acids is 5. The monoisotopic (exact) mass is 851 g/mol. The third-order valence-electron chi connectivity index (χ3n) is 16.4. The molecule has 10 heteroatoms. The van der Waals surface area contributed by atoms with Crippen LogP contribution in [0.1, 0.15) is 165 Å². The zero-order chi connectivity index (χ0) is 45.0. The smallest absolute Gasteiger partial charge is 0.306 e. The lowest BCUT2D eigenvalue weighted by Gasteiger charge is -2.59. The average Bonchev–Trinajstić information content (AvgIpc) is 3.22. The van der Waals surface area contributed by atoms with E-state index < -0.39 is 11.9 Å². The van der Waals surface area contributed by atoms with E-state index in [0.717, 1.165) is 82.6 Å². The molecule has 0 amide bonds. The molecular weight excluding hydrogens is 773 g/mol. The summed E-state index contributed by atoms with van der Waals surface area (Å²) < 4.78 is 27.2. The Labute approximate surface area is 367 Å². The van der Waals surface area contributed by atoms with Crippen LogP contribution in [0.15, 0.2) is 46.6 Å². The van der Waals surface area contributed by atoms with Gasteiger partial charge >= 0.3 is 29.8 Å². The number of fused-ring (bicyclic) bond motifs is 2. The maximum absolute atomic E-state index is 13.2. The lowest BCUT2D eigenvalue weighted by molar-refractivity contribution is -0.156. The molecule has 10 nitrogen and oxygen atoms in total. The molecule has 4 aliphatic carbocycles. The summed E-state index contributed by atoms with van der Waals surface area (Å²) >= 11 is 0. The summed E-state index contributed by atoms with van der Waals surface area (Å²) in [4.78, 5) is 61.4. The van der Waals surface area contributed by atoms with Gasteiger partial charge in [-0.05, 0) is 157 Å². The lowest BCUT2D eigenvalue weighted by atomic mass is 9.46. The summed E-state index contributed by atoms with van der Waals surface area (Å²) in [6.45, 7) is 20.7. The average molecular weight is 851 g/mol. The van der Waals surface area contributed by atoms with Gasteiger partial charge in [0.05, 0.1) is 39.4 Å². The molecular formula is C51H78O10. The SMILES string of the molecule is COC(=O)CCC(=O)OC[C@@H]1CC[C@@]2(C)C(C)=CCC[C@@H]2[C@@]1(C)CC/C(C)=C/COC(=O)CCC(=O)OC[C@@]12CC[C@@H](C)[C@](C)(CC/C(C)=C/COC(C)=O)[C@H]1CCC=C2C. The molecule has 2 saturated carbocycles. The fourth-order valence-corrected chi connectivity index (χ4v) is 11.7. The van der Waals surface area contributed by atoms with Gasteiger partial charge in [0.1, 0.15) is 19.8 Å². The van der Waals surface area contributed by atoms with Crippen molar-refractivity contribution in [1.82, 2.24) is 0 Å². The fourth-order valence-electron chi connectivity index (χ4n) is 11.7. The Morgan fingerprint density at radius 3 is 1.80 bits per heavy atom. The number of esters is 5. The maximum Gasteiger partial charge on any atom is 0.306 e. The summed E-state index contributed by atoms with van der Waals surface area (Å²) in [5, 5.41) is 0. The second kappa shape index (κ2) is 22.1. The molecule has 0 unspecified atom stereocenters. The van der Waals surface area contributed by atoms with Crippen LogP contribution in [0.4, 0.5) is 0 Å². The van der Waals surface area contributed by atoms with E-state index >= 15 is 0 Å². The Balaban J connectivity index is 1.28. The minimum Gasteiger partial charge on any atom is -0.469 e. The molecule has 0 aromatic heterocycles. The predicted molar refractivity (Wildman–Crippen MR) is 237 cm³/mol. The first-order valence-corrected chi connectivity index (χ1v) is 23.1. The van der Waals surface area contributed by atoms with E-state index in [1.165, 1.54) is 30.8 Å². The van der Waals surface area contributed by atoms with Gasteiger partial charge in [0.15, 0.2) is 0 Å². The summed E-state index contributed by atoms with van der Waals surface area (Å²) in [6, 6.07) is 0. The lowest BCUT2D eigenvalue weighted by Crippen LogP contribution is -2.53. The molecule has 342 valence electrons. The van der Waals surface area contributed by atoms with Crippen molar-refractivity contribution in [3.63, 3.8) is 0 Å². The number of ether oxygens (including phenoxy) is 5. The van der Waals surface area contributed by atoms with Crippen molar-refractivity contribution < 1.29 is 47.7 Å². The number of hydrogen-bond acceptors (Lipinski definition) is 10. The van der Waals surface area contributed by atoms with Crippen LogP contribution in [-0.2, 0) is 47.7 Å². The molecule has 8 atom stereocenters. The van der Waals surface area contributed by atoms with Gasteiger partial charge in [-0.2, -0.15) is 0 Å². The molecule has 0 saturated heterocycles. The van der Waals surface area contributed by atoms with Gasteiger partial charge in [0, 0.05) is 12.3 Å². The third-order valence-corrected chi connectivity index (χ3v) is 16.4. The van der Waals surface area contributed by atoms with E-state index in [-0.39, 0.29) is 77.8 Å². The maximum atomic E-state index is 13.2. The zero-order valence-electron chi connectivity index (χ0n) is 39.3. The Kier molecular flexibility index (Phi) is 18.1. The van der Waals surface area contributed by atoms with Gasteiger partial charge in [-0.15, -0.1) is 0 Å². The van der Waals surface area contributed by atoms with Crippen LogP contribution in [-0.4, -0.2) is 63.4 Å². The van der Waals surface area contributed by atoms with Gasteiger partial charge in [0.25, 0.3) is 0 Å². The van der Waals surface area contributed by atoms with Crippen molar-refractivity contribution >= 4 is 29.8 Å². The standard InChI is InChI=1S/C51H78O10/c1-35(25-31-58-40(6)52)21-27-49(8)38(4)23-30-51(39(5)14-12-16-43(49)51)34-61-47(56)20-19-45(54)59-32-26-36(2)22-28-50(9)41(33-60-46(55)18-17-44(53)57-10)24-29-48(7)37(3)13-11-15-42(48)50/h13-14,25-26,38,41-43H,11-12,15-24,27-34H2,1-10H3/b35-25+,36-26+/t38-,41+,42+,43-,48+,49+,50+,51-/m1/s1. The van der Waals surface area contributed by atoms with E-state index in [9.17, 15) is 24.0 Å². The molecule has 0 radical (unpaired) electrons. The molecule has 4 aliphatic rings. The van der Waals surface area contributed by atoms with Crippen molar-refractivity contribution in [1.29, 1.82) is 0 Å². The van der Waals surface area contributed by atoms with Gasteiger partial charge in [-0.1, -0.05) is 62.1 Å². The van der Waals surface area contributed by atoms with E-state index in [1.54, 1.807) is 0 Å². The summed E-state index contributed by atoms with van der Waals surface area (Å²) in [5.41, 5.74) is 4.95. The highest BCUT2D eigenvalue weighted by atomic mass is 16.5. The quantitative estimate of drug-likeness (QED) is 0.0662. The molecule has 4 rings (SSSR count). The topological polar surface area (TPSA) is 132 Å². The van der Waals surface area contributed by atoms with Crippen molar-refractivity contribution in [2.24, 2.45) is 45.3 Å². The molecule has 61 heavy (non-hydrogen) atoms. The highest BCUT2D eigenvalue weighted by molar-refractivity contribution is 5.78. The number of methoxy groups -OCH3 is 1. The Morgan fingerprint density at radius 2 is 1.18 bits per heavy atom. The molecule has 0 aromatic rings. The molecule has 0 N–H and O–H groups in total. The Bertz CT molecular complexity index is 1700. The normalized spacial score (nSPS) is 31.4. The Morgan fingerprint density at radius 1 is 0.639 bits per heavy atom. The van der Waals surface area contributed by atoms with Gasteiger partial charge in [-0.25, -0.2) is 0 Å². The summed E-state index contributed by atoms with van der Waals surface area (Å²) in [7, 11) is 1.32. The van der Waals surface area contributed by atoms with Crippen molar-refractivity contribution in [2.45, 2.75) is 165 Å². The molecule has 0 heterocycles. The minimum absolute atomic E-state index is 0.0140. The van der Waals surface area contributed by atoms with E-state index in [0.29, 0.717) is 37.6 Å². The first kappa shape index (κ1) is 50.0. The number of hydrogen-bond donors (Lipinski definition) is 0.